The fourth-order valence-corrected chi connectivity index (χ4v) is 4.43. The third-order valence-electron chi connectivity index (χ3n) is 6.76. The van der Waals surface area contributed by atoms with Crippen molar-refractivity contribution < 1.29 is 19.2 Å². The maximum absolute atomic E-state index is 12.1. The first-order chi connectivity index (χ1) is 20.9. The van der Waals surface area contributed by atoms with Crippen LogP contribution in [0.5, 0.6) is 0 Å². The van der Waals surface area contributed by atoms with Crippen molar-refractivity contribution in [1.29, 1.82) is 0 Å². The molecule has 2 rings (SSSR count). The van der Waals surface area contributed by atoms with Gasteiger partial charge in [0, 0.05) is 6.42 Å². The van der Waals surface area contributed by atoms with E-state index in [2.05, 4.69) is 66.8 Å². The number of ether oxygens (including phenoxy) is 1. The van der Waals surface area contributed by atoms with Crippen LogP contribution in [0.15, 0.2) is 72.1 Å². The van der Waals surface area contributed by atoms with E-state index >= 15 is 0 Å². The molecule has 7 nitrogen and oxygen atoms in total. The van der Waals surface area contributed by atoms with Crippen molar-refractivity contribution in [2.75, 3.05) is 6.54 Å². The van der Waals surface area contributed by atoms with Crippen LogP contribution in [0.3, 0.4) is 0 Å². The molecule has 0 saturated heterocycles. The average Bonchev–Trinajstić information content (AvgIpc) is 2.96. The van der Waals surface area contributed by atoms with Gasteiger partial charge in [-0.2, -0.15) is 0 Å². The number of primary amides is 1. The number of aryl methyl sites for hydroxylation is 2. The molecule has 0 radical (unpaired) electrons. The number of nitrogens with zero attached hydrogens (tertiary/aromatic N) is 1. The lowest BCUT2D eigenvalue weighted by Crippen LogP contribution is -2.27. The third kappa shape index (κ3) is 19.6. The van der Waals surface area contributed by atoms with Gasteiger partial charge in [-0.1, -0.05) is 132 Å². The summed E-state index contributed by atoms with van der Waals surface area (Å²) in [5, 5.41) is 7.24. The zero-order chi connectivity index (χ0) is 32.8. The average molecular weight is 608 g/mol. The lowest BCUT2D eigenvalue weighted by atomic mass is 9.97. The summed E-state index contributed by atoms with van der Waals surface area (Å²) in [5.41, 5.74) is 8.73. The molecule has 0 aliphatic heterocycles. The Balaban J connectivity index is 0.00000106. The Bertz CT molecular complexity index is 1120. The highest BCUT2D eigenvalue weighted by molar-refractivity contribution is 6.01. The molecule has 0 heterocycles. The van der Waals surface area contributed by atoms with Gasteiger partial charge in [0.05, 0.1) is 12.3 Å². The molecular formula is C37H57N3O4. The van der Waals surface area contributed by atoms with Crippen molar-refractivity contribution in [3.63, 3.8) is 0 Å². The fraction of sp³-hybridized carbons (Fsp3) is 0.541. The minimum atomic E-state index is -0.725. The van der Waals surface area contributed by atoms with Crippen LogP contribution in [-0.2, 0) is 27.2 Å². The number of carbonyl (C=O) groups excluding carboxylic acids is 2. The molecule has 244 valence electrons. The molecule has 44 heavy (non-hydrogen) atoms. The Morgan fingerprint density at radius 3 is 1.95 bits per heavy atom. The van der Waals surface area contributed by atoms with Crippen molar-refractivity contribution in [1.82, 2.24) is 5.32 Å². The second-order valence-electron chi connectivity index (χ2n) is 12.5. The van der Waals surface area contributed by atoms with Gasteiger partial charge in [-0.25, -0.2) is 4.79 Å². The second kappa shape index (κ2) is 22.0. The van der Waals surface area contributed by atoms with Gasteiger partial charge in [0.25, 0.3) is 0 Å². The summed E-state index contributed by atoms with van der Waals surface area (Å²) in [5.74, 6) is 0.605. The molecule has 0 bridgehead atoms. The zero-order valence-corrected chi connectivity index (χ0v) is 28.1. The summed E-state index contributed by atoms with van der Waals surface area (Å²) < 4.78 is 4.58. The normalized spacial score (nSPS) is 11.4. The molecule has 2 aromatic carbocycles. The fourth-order valence-electron chi connectivity index (χ4n) is 4.43. The highest BCUT2D eigenvalue weighted by Gasteiger charge is 2.13. The van der Waals surface area contributed by atoms with Gasteiger partial charge >= 0.3 is 6.09 Å². The van der Waals surface area contributed by atoms with Crippen LogP contribution in [0.25, 0.3) is 0 Å². The van der Waals surface area contributed by atoms with E-state index in [0.29, 0.717) is 18.6 Å². The number of hydrogen-bond donors (Lipinski definition) is 2. The number of hydrogen-bond acceptors (Lipinski definition) is 5. The van der Waals surface area contributed by atoms with Crippen molar-refractivity contribution >= 4 is 17.7 Å². The van der Waals surface area contributed by atoms with Crippen molar-refractivity contribution in [3.05, 3.63) is 83.6 Å². The smallest absolute Gasteiger partial charge is 0.405 e. The lowest BCUT2D eigenvalue weighted by molar-refractivity contribution is -0.121. The quantitative estimate of drug-likeness (QED) is 0.0764. The van der Waals surface area contributed by atoms with Crippen LogP contribution >= 0.6 is 0 Å². The van der Waals surface area contributed by atoms with Crippen molar-refractivity contribution in [3.8, 4) is 0 Å². The van der Waals surface area contributed by atoms with Crippen LogP contribution in [0.2, 0.25) is 0 Å². The largest absolute Gasteiger partial charge is 0.444 e. The number of oxime groups is 1. The molecule has 0 atom stereocenters. The molecule has 3 N–H and O–H groups in total. The van der Waals surface area contributed by atoms with Gasteiger partial charge in [-0.3, -0.25) is 4.79 Å². The number of benzene rings is 2. The number of amides is 2. The highest BCUT2D eigenvalue weighted by Crippen LogP contribution is 2.16. The Morgan fingerprint density at radius 1 is 0.864 bits per heavy atom. The number of nitrogens with two attached hydrogens (primary N) is 1. The standard InChI is InChI=1S/C32H46N2O2.C5H11NO2/c1-5-6-7-8-9-10-11-13-18-29-19-22-30(23-20-29)32(26(2)3)34-36-27(4)25-33-31(35)24-21-28-16-14-12-15-17-28;1-5(2,3)8-4(6)7/h12,14-17,19-20,22-23,26H,4-11,13,18,21,24-25H2,1-3H3,(H,33,35);1-3H3,(H2,6,7)/b34-32+;. The van der Waals surface area contributed by atoms with Crippen molar-refractivity contribution in [2.45, 2.75) is 118 Å². The Hall–Kier alpha value is -3.61. The highest BCUT2D eigenvalue weighted by atomic mass is 16.6. The Labute approximate surface area is 266 Å². The minimum Gasteiger partial charge on any atom is -0.444 e. The van der Waals surface area contributed by atoms with E-state index in [4.69, 9.17) is 10.6 Å². The summed E-state index contributed by atoms with van der Waals surface area (Å²) in [6.07, 6.45) is 12.3. The van der Waals surface area contributed by atoms with E-state index in [1.54, 1.807) is 20.8 Å². The molecule has 2 aromatic rings. The van der Waals surface area contributed by atoms with Crippen LogP contribution < -0.4 is 11.1 Å². The lowest BCUT2D eigenvalue weighted by Gasteiger charge is -2.16. The Kier molecular flexibility index (Phi) is 19.2. The SMILES string of the molecule is C=C(CNC(=O)CCc1ccccc1)O/N=C(/c1ccc(CCCCCCCCCC)cc1)C(C)C.CC(C)(C)OC(N)=O. The topological polar surface area (TPSA) is 103 Å². The number of nitrogens with one attached hydrogen (secondary N) is 1. The van der Waals surface area contributed by atoms with Gasteiger partial charge in [0.15, 0.2) is 0 Å². The predicted octanol–water partition coefficient (Wildman–Crippen LogP) is 8.89. The molecule has 2 amide bonds. The molecule has 0 aliphatic rings. The van der Waals surface area contributed by atoms with E-state index in [9.17, 15) is 9.59 Å². The summed E-state index contributed by atoms with van der Waals surface area (Å²) >= 11 is 0. The molecule has 0 aromatic heterocycles. The number of unbranched alkanes of at least 4 members (excludes halogenated alkanes) is 7. The first-order valence-corrected chi connectivity index (χ1v) is 16.2. The summed E-state index contributed by atoms with van der Waals surface area (Å²) in [6, 6.07) is 18.7. The Morgan fingerprint density at radius 2 is 1.43 bits per heavy atom. The number of carbonyl (C=O) groups is 2. The van der Waals surface area contributed by atoms with Crippen LogP contribution in [0.1, 0.15) is 116 Å². The predicted molar refractivity (Wildman–Crippen MR) is 183 cm³/mol. The first kappa shape index (κ1) is 38.4. The van der Waals surface area contributed by atoms with Crippen molar-refractivity contribution in [2.24, 2.45) is 16.8 Å². The van der Waals surface area contributed by atoms with Crippen LogP contribution in [0, 0.1) is 5.92 Å². The van der Waals surface area contributed by atoms with E-state index in [-0.39, 0.29) is 18.4 Å². The molecular weight excluding hydrogens is 550 g/mol. The molecule has 0 saturated carbocycles. The summed E-state index contributed by atoms with van der Waals surface area (Å²) in [4.78, 5) is 27.7. The molecule has 0 fully saturated rings. The van der Waals surface area contributed by atoms with Gasteiger partial charge in [-0.15, -0.1) is 0 Å². The van der Waals surface area contributed by atoms with E-state index < -0.39 is 11.7 Å². The zero-order valence-electron chi connectivity index (χ0n) is 28.1. The molecule has 0 unspecified atom stereocenters. The molecule has 0 aliphatic carbocycles. The molecule has 0 spiro atoms. The van der Waals surface area contributed by atoms with Gasteiger partial charge in [0.1, 0.15) is 11.4 Å². The van der Waals surface area contributed by atoms with Crippen LogP contribution in [0.4, 0.5) is 4.79 Å². The maximum atomic E-state index is 12.1. The van der Waals surface area contributed by atoms with E-state index in [1.807, 2.05) is 30.3 Å². The molecule has 7 heteroatoms. The van der Waals surface area contributed by atoms with Gasteiger partial charge < -0.3 is 20.6 Å². The van der Waals surface area contributed by atoms with E-state index in [1.165, 1.54) is 56.9 Å². The van der Waals surface area contributed by atoms with E-state index in [0.717, 1.165) is 23.3 Å². The first-order valence-electron chi connectivity index (χ1n) is 16.2. The van der Waals surface area contributed by atoms with Gasteiger partial charge in [0.2, 0.25) is 5.91 Å². The van der Waals surface area contributed by atoms with Crippen LogP contribution in [-0.4, -0.2) is 29.9 Å². The maximum Gasteiger partial charge on any atom is 0.405 e. The minimum absolute atomic E-state index is 0.0243. The van der Waals surface area contributed by atoms with Gasteiger partial charge in [-0.05, 0) is 62.6 Å². The second-order valence-corrected chi connectivity index (χ2v) is 12.5. The third-order valence-corrected chi connectivity index (χ3v) is 6.76. The number of rotatable bonds is 18. The monoisotopic (exact) mass is 607 g/mol. The summed E-state index contributed by atoms with van der Waals surface area (Å²) in [6.45, 7) is 15.9. The summed E-state index contributed by atoms with van der Waals surface area (Å²) in [7, 11) is 0.